The summed E-state index contributed by atoms with van der Waals surface area (Å²) in [4.78, 5) is 10.8. The SMILES string of the molecule is O=C1NCCC1CC(O)C(F)(F)F. The third-order valence-electron chi connectivity index (χ3n) is 2.05. The van der Waals surface area contributed by atoms with Crippen molar-refractivity contribution in [3.63, 3.8) is 0 Å². The Bertz CT molecular complexity index is 204. The molecule has 1 aliphatic rings. The van der Waals surface area contributed by atoms with E-state index in [-0.39, 0.29) is 0 Å². The van der Waals surface area contributed by atoms with E-state index in [0.29, 0.717) is 13.0 Å². The van der Waals surface area contributed by atoms with Crippen molar-refractivity contribution in [2.45, 2.75) is 25.1 Å². The molecule has 1 saturated heterocycles. The van der Waals surface area contributed by atoms with Crippen LogP contribution in [0.4, 0.5) is 13.2 Å². The topological polar surface area (TPSA) is 49.3 Å². The Labute approximate surface area is 72.9 Å². The van der Waals surface area contributed by atoms with Crippen molar-refractivity contribution in [1.82, 2.24) is 5.32 Å². The number of hydrogen-bond acceptors (Lipinski definition) is 2. The van der Waals surface area contributed by atoms with Crippen molar-refractivity contribution in [2.24, 2.45) is 5.92 Å². The van der Waals surface area contributed by atoms with E-state index in [4.69, 9.17) is 5.11 Å². The van der Waals surface area contributed by atoms with Gasteiger partial charge in [0.2, 0.25) is 5.91 Å². The Morgan fingerprint density at radius 1 is 1.62 bits per heavy atom. The average molecular weight is 197 g/mol. The van der Waals surface area contributed by atoms with Gasteiger partial charge in [-0.25, -0.2) is 0 Å². The molecule has 0 saturated carbocycles. The lowest BCUT2D eigenvalue weighted by Crippen LogP contribution is -2.32. The number of amides is 1. The number of alkyl halides is 3. The molecule has 2 N–H and O–H groups in total. The van der Waals surface area contributed by atoms with Crippen LogP contribution >= 0.6 is 0 Å². The molecule has 3 nitrogen and oxygen atoms in total. The fraction of sp³-hybridized carbons (Fsp3) is 0.857. The molecule has 1 heterocycles. The Kier molecular flexibility index (Phi) is 2.80. The number of nitrogens with one attached hydrogen (secondary N) is 1. The second-order valence-electron chi connectivity index (χ2n) is 3.07. The first-order valence-corrected chi connectivity index (χ1v) is 3.93. The van der Waals surface area contributed by atoms with Crippen molar-refractivity contribution in [2.75, 3.05) is 6.54 Å². The van der Waals surface area contributed by atoms with Crippen LogP contribution in [0.25, 0.3) is 0 Å². The van der Waals surface area contributed by atoms with Gasteiger partial charge in [-0.2, -0.15) is 13.2 Å². The van der Waals surface area contributed by atoms with Crippen LogP contribution in [0.5, 0.6) is 0 Å². The average Bonchev–Trinajstić information content (AvgIpc) is 2.34. The minimum absolute atomic E-state index is 0.367. The maximum atomic E-state index is 11.8. The van der Waals surface area contributed by atoms with Gasteiger partial charge in [-0.1, -0.05) is 0 Å². The zero-order chi connectivity index (χ0) is 10.1. The minimum Gasteiger partial charge on any atom is -0.384 e. The molecule has 2 unspecified atom stereocenters. The molecule has 0 aromatic carbocycles. The van der Waals surface area contributed by atoms with Gasteiger partial charge in [0.1, 0.15) is 0 Å². The molecule has 1 rings (SSSR count). The summed E-state index contributed by atoms with van der Waals surface area (Å²) in [5.74, 6) is -1.10. The second kappa shape index (κ2) is 3.53. The predicted molar refractivity (Wildman–Crippen MR) is 37.8 cm³/mol. The Balaban J connectivity index is 2.44. The van der Waals surface area contributed by atoms with Crippen molar-refractivity contribution in [3.05, 3.63) is 0 Å². The quantitative estimate of drug-likeness (QED) is 0.674. The highest BCUT2D eigenvalue weighted by Gasteiger charge is 2.41. The molecule has 0 aliphatic carbocycles. The summed E-state index contributed by atoms with van der Waals surface area (Å²) < 4.78 is 35.5. The normalized spacial score (nSPS) is 25.8. The molecular formula is C7H10F3NO2. The Morgan fingerprint density at radius 2 is 2.23 bits per heavy atom. The van der Waals surface area contributed by atoms with Crippen LogP contribution in [0.1, 0.15) is 12.8 Å². The Hall–Kier alpha value is -0.780. The molecule has 0 aromatic heterocycles. The van der Waals surface area contributed by atoms with E-state index in [9.17, 15) is 18.0 Å². The van der Waals surface area contributed by atoms with Crippen LogP contribution in [0.2, 0.25) is 0 Å². The summed E-state index contributed by atoms with van der Waals surface area (Å²) in [6.45, 7) is 0.397. The molecule has 0 bridgehead atoms. The first-order valence-electron chi connectivity index (χ1n) is 3.93. The molecule has 1 amide bonds. The van der Waals surface area contributed by atoms with E-state index >= 15 is 0 Å². The van der Waals surface area contributed by atoms with Crippen LogP contribution in [-0.4, -0.2) is 29.8 Å². The predicted octanol–water partition coefficient (Wildman–Crippen LogP) is 0.436. The van der Waals surface area contributed by atoms with E-state index in [0.717, 1.165) is 0 Å². The summed E-state index contributed by atoms with van der Waals surface area (Å²) in [5.41, 5.74) is 0. The summed E-state index contributed by atoms with van der Waals surface area (Å²) >= 11 is 0. The van der Waals surface area contributed by atoms with Gasteiger partial charge >= 0.3 is 6.18 Å². The van der Waals surface area contributed by atoms with Crippen LogP contribution in [-0.2, 0) is 4.79 Å². The van der Waals surface area contributed by atoms with Crippen molar-refractivity contribution in [1.29, 1.82) is 0 Å². The molecular weight excluding hydrogens is 187 g/mol. The molecule has 0 aromatic rings. The van der Waals surface area contributed by atoms with Gasteiger partial charge in [0, 0.05) is 12.5 Å². The number of aliphatic hydroxyl groups is 1. The first-order chi connectivity index (χ1) is 5.91. The zero-order valence-corrected chi connectivity index (χ0v) is 6.77. The van der Waals surface area contributed by atoms with Crippen molar-refractivity contribution >= 4 is 5.91 Å². The van der Waals surface area contributed by atoms with Crippen molar-refractivity contribution < 1.29 is 23.1 Å². The number of carbonyl (C=O) groups is 1. The number of aliphatic hydroxyl groups excluding tert-OH is 1. The first kappa shape index (κ1) is 10.3. The second-order valence-corrected chi connectivity index (χ2v) is 3.07. The van der Waals surface area contributed by atoms with Crippen LogP contribution < -0.4 is 5.32 Å². The van der Waals surface area contributed by atoms with Gasteiger partial charge < -0.3 is 10.4 Å². The third kappa shape index (κ3) is 2.58. The van der Waals surface area contributed by atoms with Crippen molar-refractivity contribution in [3.8, 4) is 0 Å². The van der Waals surface area contributed by atoms with Gasteiger partial charge in [-0.15, -0.1) is 0 Å². The summed E-state index contributed by atoms with van der Waals surface area (Å²) in [6.07, 6.45) is -7.18. The molecule has 6 heteroatoms. The van der Waals surface area contributed by atoms with E-state index in [2.05, 4.69) is 5.32 Å². The standard InChI is InChI=1S/C7H10F3NO2/c8-7(9,10)5(12)3-4-1-2-11-6(4)13/h4-5,12H,1-3H2,(H,11,13). The number of hydrogen-bond donors (Lipinski definition) is 2. The highest BCUT2D eigenvalue weighted by molar-refractivity contribution is 5.80. The maximum Gasteiger partial charge on any atom is 0.414 e. The van der Waals surface area contributed by atoms with E-state index in [1.807, 2.05) is 0 Å². The molecule has 76 valence electrons. The zero-order valence-electron chi connectivity index (χ0n) is 6.77. The van der Waals surface area contributed by atoms with Crippen LogP contribution in [0.3, 0.4) is 0 Å². The maximum absolute atomic E-state index is 11.8. The van der Waals surface area contributed by atoms with E-state index in [1.165, 1.54) is 0 Å². The van der Waals surface area contributed by atoms with Gasteiger partial charge in [0.15, 0.2) is 6.10 Å². The van der Waals surface area contributed by atoms with Crippen LogP contribution in [0.15, 0.2) is 0 Å². The van der Waals surface area contributed by atoms with E-state index in [1.54, 1.807) is 0 Å². The lowest BCUT2D eigenvalue weighted by molar-refractivity contribution is -0.208. The van der Waals surface area contributed by atoms with Crippen LogP contribution in [0, 0.1) is 5.92 Å². The molecule has 1 fully saturated rings. The van der Waals surface area contributed by atoms with Gasteiger partial charge in [0.25, 0.3) is 0 Å². The fourth-order valence-electron chi connectivity index (χ4n) is 1.27. The summed E-state index contributed by atoms with van der Waals surface area (Å²) in [7, 11) is 0. The molecule has 0 spiro atoms. The monoisotopic (exact) mass is 197 g/mol. The highest BCUT2D eigenvalue weighted by Crippen LogP contribution is 2.27. The minimum atomic E-state index is -4.62. The third-order valence-corrected chi connectivity index (χ3v) is 2.05. The molecule has 13 heavy (non-hydrogen) atoms. The molecule has 1 aliphatic heterocycles. The van der Waals surface area contributed by atoms with Gasteiger partial charge in [-0.3, -0.25) is 4.79 Å². The van der Waals surface area contributed by atoms with Gasteiger partial charge in [0.05, 0.1) is 0 Å². The number of carbonyl (C=O) groups excluding carboxylic acids is 1. The lowest BCUT2D eigenvalue weighted by atomic mass is 10.00. The van der Waals surface area contributed by atoms with Gasteiger partial charge in [-0.05, 0) is 12.8 Å². The smallest absolute Gasteiger partial charge is 0.384 e. The Morgan fingerprint density at radius 3 is 2.62 bits per heavy atom. The summed E-state index contributed by atoms with van der Waals surface area (Å²) in [6, 6.07) is 0. The fourth-order valence-corrected chi connectivity index (χ4v) is 1.27. The molecule has 2 atom stereocenters. The summed E-state index contributed by atoms with van der Waals surface area (Å²) in [5, 5.41) is 11.1. The van der Waals surface area contributed by atoms with E-state index < -0.39 is 30.5 Å². The number of halogens is 3. The molecule has 0 radical (unpaired) electrons. The lowest BCUT2D eigenvalue weighted by Gasteiger charge is -2.16. The largest absolute Gasteiger partial charge is 0.414 e. The number of rotatable bonds is 2. The highest BCUT2D eigenvalue weighted by atomic mass is 19.4.